The molecule has 0 saturated carbocycles. The molecule has 0 aromatic rings. The lowest BCUT2D eigenvalue weighted by Gasteiger charge is -2.19. The summed E-state index contributed by atoms with van der Waals surface area (Å²) in [5, 5.41) is 0. The average molecular weight is 208 g/mol. The van der Waals surface area contributed by atoms with Gasteiger partial charge in [0.25, 0.3) is 0 Å². The maximum atomic E-state index is 11.6. The minimum Gasteiger partial charge on any atom is -0.329 e. The van der Waals surface area contributed by atoms with E-state index < -0.39 is 10.0 Å². The standard InChI is InChI=1S/C8H20N2O2S/c1-3-5-8-13(11,12)10(4-2)7-6-9/h3-9H2,1-2H3. The summed E-state index contributed by atoms with van der Waals surface area (Å²) in [5.41, 5.74) is 5.32. The Bertz CT molecular complexity index is 214. The number of likely N-dealkylation sites (N-methyl/N-ethyl adjacent to an activating group) is 1. The van der Waals surface area contributed by atoms with E-state index in [1.807, 2.05) is 13.8 Å². The van der Waals surface area contributed by atoms with Crippen molar-refractivity contribution in [1.29, 1.82) is 0 Å². The van der Waals surface area contributed by atoms with E-state index in [2.05, 4.69) is 0 Å². The molecule has 0 atom stereocenters. The predicted molar refractivity (Wildman–Crippen MR) is 55.0 cm³/mol. The van der Waals surface area contributed by atoms with E-state index in [0.717, 1.165) is 12.8 Å². The maximum absolute atomic E-state index is 11.6. The highest BCUT2D eigenvalue weighted by Crippen LogP contribution is 2.03. The Morgan fingerprint density at radius 1 is 1.31 bits per heavy atom. The second-order valence-electron chi connectivity index (χ2n) is 2.95. The first-order valence-corrected chi connectivity index (χ1v) is 6.37. The monoisotopic (exact) mass is 208 g/mol. The highest BCUT2D eigenvalue weighted by Gasteiger charge is 2.18. The second-order valence-corrected chi connectivity index (χ2v) is 5.04. The Kier molecular flexibility index (Phi) is 6.28. The molecule has 0 heterocycles. The third-order valence-electron chi connectivity index (χ3n) is 1.88. The molecule has 0 fully saturated rings. The van der Waals surface area contributed by atoms with E-state index in [1.165, 1.54) is 4.31 Å². The first kappa shape index (κ1) is 12.9. The topological polar surface area (TPSA) is 63.4 Å². The summed E-state index contributed by atoms with van der Waals surface area (Å²) in [6, 6.07) is 0. The largest absolute Gasteiger partial charge is 0.329 e. The van der Waals surface area contributed by atoms with Crippen LogP contribution in [0.1, 0.15) is 26.7 Å². The molecule has 0 bridgehead atoms. The van der Waals surface area contributed by atoms with Gasteiger partial charge in [-0.25, -0.2) is 12.7 Å². The van der Waals surface area contributed by atoms with E-state index >= 15 is 0 Å². The predicted octanol–water partition coefficient (Wildman–Crippen LogP) is 0.397. The molecule has 5 heteroatoms. The Morgan fingerprint density at radius 2 is 1.92 bits per heavy atom. The Balaban J connectivity index is 4.21. The van der Waals surface area contributed by atoms with Gasteiger partial charge in [-0.1, -0.05) is 20.3 Å². The van der Waals surface area contributed by atoms with Crippen molar-refractivity contribution >= 4 is 10.0 Å². The van der Waals surface area contributed by atoms with Gasteiger partial charge in [0, 0.05) is 19.6 Å². The zero-order valence-electron chi connectivity index (χ0n) is 8.49. The molecule has 0 spiro atoms. The Hall–Kier alpha value is -0.130. The molecule has 0 amide bonds. The van der Waals surface area contributed by atoms with Crippen LogP contribution >= 0.6 is 0 Å². The molecule has 0 aliphatic rings. The number of sulfonamides is 1. The van der Waals surface area contributed by atoms with Crippen molar-refractivity contribution in [2.45, 2.75) is 26.7 Å². The van der Waals surface area contributed by atoms with E-state index in [4.69, 9.17) is 5.73 Å². The molecule has 13 heavy (non-hydrogen) atoms. The molecule has 0 aromatic heterocycles. The second kappa shape index (κ2) is 6.34. The van der Waals surface area contributed by atoms with Crippen LogP contribution in [-0.4, -0.2) is 38.1 Å². The summed E-state index contributed by atoms with van der Waals surface area (Å²) in [4.78, 5) is 0. The van der Waals surface area contributed by atoms with E-state index in [-0.39, 0.29) is 5.75 Å². The van der Waals surface area contributed by atoms with Crippen LogP contribution in [0.2, 0.25) is 0 Å². The van der Waals surface area contributed by atoms with Crippen LogP contribution in [0.5, 0.6) is 0 Å². The fraction of sp³-hybridized carbons (Fsp3) is 1.00. The summed E-state index contributed by atoms with van der Waals surface area (Å²) < 4.78 is 24.6. The lowest BCUT2D eigenvalue weighted by molar-refractivity contribution is 0.434. The zero-order valence-corrected chi connectivity index (χ0v) is 9.31. The quantitative estimate of drug-likeness (QED) is 0.658. The molecule has 80 valence electrons. The third-order valence-corrected chi connectivity index (χ3v) is 3.91. The molecule has 0 saturated heterocycles. The number of unbranched alkanes of at least 4 members (excludes halogenated alkanes) is 1. The van der Waals surface area contributed by atoms with Gasteiger partial charge in [0.1, 0.15) is 0 Å². The summed E-state index contributed by atoms with van der Waals surface area (Å²) >= 11 is 0. The van der Waals surface area contributed by atoms with Gasteiger partial charge in [-0.2, -0.15) is 0 Å². The maximum Gasteiger partial charge on any atom is 0.214 e. The first-order chi connectivity index (χ1) is 6.08. The van der Waals surface area contributed by atoms with E-state index in [0.29, 0.717) is 19.6 Å². The molecule has 0 aliphatic carbocycles. The van der Waals surface area contributed by atoms with Gasteiger partial charge in [0.05, 0.1) is 5.75 Å². The molecule has 2 N–H and O–H groups in total. The van der Waals surface area contributed by atoms with Crippen molar-refractivity contribution in [2.75, 3.05) is 25.4 Å². The zero-order chi connectivity index (χ0) is 10.3. The summed E-state index contributed by atoms with van der Waals surface area (Å²) in [6.07, 6.45) is 1.63. The first-order valence-electron chi connectivity index (χ1n) is 4.76. The van der Waals surface area contributed by atoms with Crippen LogP contribution in [0.3, 0.4) is 0 Å². The fourth-order valence-electron chi connectivity index (χ4n) is 1.09. The van der Waals surface area contributed by atoms with Crippen molar-refractivity contribution in [1.82, 2.24) is 4.31 Å². The average Bonchev–Trinajstić information content (AvgIpc) is 2.10. The highest BCUT2D eigenvalue weighted by atomic mass is 32.2. The lowest BCUT2D eigenvalue weighted by atomic mass is 10.4. The van der Waals surface area contributed by atoms with Crippen molar-refractivity contribution in [2.24, 2.45) is 5.73 Å². The van der Waals surface area contributed by atoms with Gasteiger partial charge in [0.2, 0.25) is 10.0 Å². The summed E-state index contributed by atoms with van der Waals surface area (Å²) in [5.74, 6) is 0.247. The van der Waals surface area contributed by atoms with Gasteiger partial charge in [-0.05, 0) is 6.42 Å². The van der Waals surface area contributed by atoms with Crippen LogP contribution < -0.4 is 5.73 Å². The Morgan fingerprint density at radius 3 is 2.31 bits per heavy atom. The highest BCUT2D eigenvalue weighted by molar-refractivity contribution is 7.89. The number of nitrogens with two attached hydrogens (primary N) is 1. The normalized spacial score (nSPS) is 12.3. The molecule has 0 radical (unpaired) electrons. The number of nitrogens with zero attached hydrogens (tertiary/aromatic N) is 1. The van der Waals surface area contributed by atoms with E-state index in [9.17, 15) is 8.42 Å². The SMILES string of the molecule is CCCCS(=O)(=O)N(CC)CCN. The third kappa shape index (κ3) is 4.59. The molecule has 0 rings (SSSR count). The Labute approximate surface area is 81.2 Å². The van der Waals surface area contributed by atoms with Crippen LogP contribution in [0.15, 0.2) is 0 Å². The van der Waals surface area contributed by atoms with Gasteiger partial charge in [-0.3, -0.25) is 0 Å². The van der Waals surface area contributed by atoms with E-state index in [1.54, 1.807) is 0 Å². The van der Waals surface area contributed by atoms with Crippen molar-refractivity contribution in [3.63, 3.8) is 0 Å². The van der Waals surface area contributed by atoms with Gasteiger partial charge < -0.3 is 5.73 Å². The van der Waals surface area contributed by atoms with Crippen molar-refractivity contribution in [3.05, 3.63) is 0 Å². The molecule has 0 unspecified atom stereocenters. The minimum absolute atomic E-state index is 0.247. The van der Waals surface area contributed by atoms with Crippen molar-refractivity contribution in [3.8, 4) is 0 Å². The number of hydrogen-bond donors (Lipinski definition) is 1. The van der Waals surface area contributed by atoms with Crippen LogP contribution in [0.4, 0.5) is 0 Å². The minimum atomic E-state index is -3.04. The molecule has 4 nitrogen and oxygen atoms in total. The molecule has 0 aliphatic heterocycles. The summed E-state index contributed by atoms with van der Waals surface area (Å²) in [6.45, 7) is 5.15. The van der Waals surface area contributed by atoms with Gasteiger partial charge in [0.15, 0.2) is 0 Å². The fourth-order valence-corrected chi connectivity index (χ4v) is 2.78. The van der Waals surface area contributed by atoms with Crippen LogP contribution in [0, 0.1) is 0 Å². The smallest absolute Gasteiger partial charge is 0.214 e. The van der Waals surface area contributed by atoms with Gasteiger partial charge in [-0.15, -0.1) is 0 Å². The summed E-state index contributed by atoms with van der Waals surface area (Å²) in [7, 11) is -3.04. The molecular formula is C8H20N2O2S. The molecular weight excluding hydrogens is 188 g/mol. The molecule has 0 aromatic carbocycles. The number of hydrogen-bond acceptors (Lipinski definition) is 3. The number of rotatable bonds is 7. The van der Waals surface area contributed by atoms with Gasteiger partial charge >= 0.3 is 0 Å². The van der Waals surface area contributed by atoms with Crippen molar-refractivity contribution < 1.29 is 8.42 Å². The van der Waals surface area contributed by atoms with Crippen LogP contribution in [-0.2, 0) is 10.0 Å². The lowest BCUT2D eigenvalue weighted by Crippen LogP contribution is -2.36. The van der Waals surface area contributed by atoms with Crippen LogP contribution in [0.25, 0.3) is 0 Å².